The van der Waals surface area contributed by atoms with Gasteiger partial charge in [0.15, 0.2) is 10.6 Å². The van der Waals surface area contributed by atoms with Crippen molar-refractivity contribution in [1.29, 1.82) is 0 Å². The summed E-state index contributed by atoms with van der Waals surface area (Å²) in [6, 6.07) is 7.85. The van der Waals surface area contributed by atoms with Crippen LogP contribution in [0.15, 0.2) is 24.3 Å². The maximum Gasteiger partial charge on any atom is 0.195 e. The lowest BCUT2D eigenvalue weighted by molar-refractivity contribution is 0.341. The van der Waals surface area contributed by atoms with Crippen LogP contribution < -0.4 is 4.74 Å². The monoisotopic (exact) mass is 249 g/mol. The molecule has 0 aliphatic carbocycles. The third-order valence-corrected chi connectivity index (χ3v) is 2.81. The van der Waals surface area contributed by atoms with Crippen LogP contribution in [0.4, 0.5) is 0 Å². The number of ether oxygens (including phenoxy) is 1. The van der Waals surface area contributed by atoms with Crippen LogP contribution in [0.5, 0.6) is 5.75 Å². The van der Waals surface area contributed by atoms with E-state index < -0.39 is 0 Å². The highest BCUT2D eigenvalue weighted by Gasteiger charge is 2.12. The molecule has 0 amide bonds. The van der Waals surface area contributed by atoms with Crippen molar-refractivity contribution in [1.82, 2.24) is 14.8 Å². The fraction of sp³-hybridized carbons (Fsp3) is 0.333. The van der Waals surface area contributed by atoms with Gasteiger partial charge in [-0.2, -0.15) is 5.10 Å². The van der Waals surface area contributed by atoms with Gasteiger partial charge < -0.3 is 9.30 Å². The van der Waals surface area contributed by atoms with E-state index >= 15 is 0 Å². The van der Waals surface area contributed by atoms with Crippen molar-refractivity contribution < 1.29 is 4.74 Å². The van der Waals surface area contributed by atoms with Gasteiger partial charge >= 0.3 is 0 Å². The first-order chi connectivity index (χ1) is 8.27. The van der Waals surface area contributed by atoms with Gasteiger partial charge in [-0.25, -0.2) is 0 Å². The Morgan fingerprint density at radius 1 is 1.35 bits per heavy atom. The summed E-state index contributed by atoms with van der Waals surface area (Å²) in [5.41, 5.74) is 0.962. The minimum Gasteiger partial charge on any atom is -0.493 e. The minimum absolute atomic E-state index is 0.633. The van der Waals surface area contributed by atoms with Gasteiger partial charge in [0.2, 0.25) is 0 Å². The molecule has 0 bridgehead atoms. The summed E-state index contributed by atoms with van der Waals surface area (Å²) in [6.07, 6.45) is 0. The lowest BCUT2D eigenvalue weighted by Crippen LogP contribution is -2.00. The van der Waals surface area contributed by atoms with E-state index in [-0.39, 0.29) is 0 Å². The number of rotatable bonds is 4. The molecule has 2 rings (SSSR count). The van der Waals surface area contributed by atoms with Crippen molar-refractivity contribution in [3.63, 3.8) is 0 Å². The summed E-state index contributed by atoms with van der Waals surface area (Å²) in [6.45, 7) is 5.42. The predicted molar refractivity (Wildman–Crippen MR) is 69.7 cm³/mol. The molecule has 17 heavy (non-hydrogen) atoms. The number of hydrogen-bond donors (Lipinski definition) is 1. The number of H-pyrrole nitrogens is 1. The maximum atomic E-state index is 5.60. The average molecular weight is 249 g/mol. The molecule has 1 aromatic carbocycles. The molecule has 0 atom stereocenters. The first-order valence-corrected chi connectivity index (χ1v) is 6.06. The summed E-state index contributed by atoms with van der Waals surface area (Å²) >= 11 is 5.18. The Kier molecular flexibility index (Phi) is 3.58. The molecular weight excluding hydrogens is 234 g/mol. The van der Waals surface area contributed by atoms with Crippen LogP contribution in [-0.4, -0.2) is 21.4 Å². The van der Waals surface area contributed by atoms with Gasteiger partial charge in [-0.1, -0.05) is 12.1 Å². The summed E-state index contributed by atoms with van der Waals surface area (Å²) in [7, 11) is 0. The average Bonchev–Trinajstić information content (AvgIpc) is 2.71. The van der Waals surface area contributed by atoms with Crippen molar-refractivity contribution >= 4 is 12.2 Å². The first-order valence-electron chi connectivity index (χ1n) is 5.65. The van der Waals surface area contributed by atoms with E-state index in [1.165, 1.54) is 0 Å². The van der Waals surface area contributed by atoms with Crippen molar-refractivity contribution in [2.45, 2.75) is 20.4 Å². The van der Waals surface area contributed by atoms with E-state index in [2.05, 4.69) is 10.2 Å². The SMILES string of the molecule is CCOc1ccccc1-c1n[nH]c(=S)n1CC. The maximum absolute atomic E-state index is 5.60. The van der Waals surface area contributed by atoms with Gasteiger partial charge in [0.05, 0.1) is 12.2 Å². The Hall–Kier alpha value is -1.62. The number of nitrogens with one attached hydrogen (secondary N) is 1. The normalized spacial score (nSPS) is 10.5. The number of para-hydroxylation sites is 1. The molecule has 0 aliphatic heterocycles. The van der Waals surface area contributed by atoms with Crippen LogP contribution in [0.25, 0.3) is 11.4 Å². The smallest absolute Gasteiger partial charge is 0.195 e. The molecule has 0 saturated carbocycles. The number of nitrogens with zero attached hydrogens (tertiary/aromatic N) is 2. The summed E-state index contributed by atoms with van der Waals surface area (Å²) in [5.74, 6) is 1.65. The Morgan fingerprint density at radius 2 is 2.12 bits per heavy atom. The molecule has 1 heterocycles. The molecule has 1 N–H and O–H groups in total. The lowest BCUT2D eigenvalue weighted by atomic mass is 10.2. The topological polar surface area (TPSA) is 42.8 Å². The zero-order valence-corrected chi connectivity index (χ0v) is 10.8. The van der Waals surface area contributed by atoms with Crippen molar-refractivity contribution in [3.05, 3.63) is 29.0 Å². The molecule has 0 unspecified atom stereocenters. The second-order valence-corrected chi connectivity index (χ2v) is 3.91. The van der Waals surface area contributed by atoms with Gasteiger partial charge in [0, 0.05) is 6.54 Å². The largest absolute Gasteiger partial charge is 0.493 e. The van der Waals surface area contributed by atoms with E-state index in [0.717, 1.165) is 23.7 Å². The fourth-order valence-corrected chi connectivity index (χ4v) is 2.01. The molecule has 5 heteroatoms. The quantitative estimate of drug-likeness (QED) is 0.847. The lowest BCUT2D eigenvalue weighted by Gasteiger charge is -2.09. The van der Waals surface area contributed by atoms with Crippen molar-refractivity contribution in [2.75, 3.05) is 6.61 Å². The molecule has 0 saturated heterocycles. The van der Waals surface area contributed by atoms with Crippen LogP contribution in [0.1, 0.15) is 13.8 Å². The second-order valence-electron chi connectivity index (χ2n) is 3.53. The van der Waals surface area contributed by atoms with Crippen LogP contribution in [-0.2, 0) is 6.54 Å². The van der Waals surface area contributed by atoms with E-state index in [0.29, 0.717) is 11.4 Å². The number of hydrogen-bond acceptors (Lipinski definition) is 3. The fourth-order valence-electron chi connectivity index (χ4n) is 1.75. The molecular formula is C12H15N3OS. The summed E-state index contributed by atoms with van der Waals surface area (Å²) in [5, 5.41) is 7.08. The van der Waals surface area contributed by atoms with E-state index in [1.807, 2.05) is 42.7 Å². The molecule has 4 nitrogen and oxygen atoms in total. The Morgan fingerprint density at radius 3 is 2.82 bits per heavy atom. The van der Waals surface area contributed by atoms with Gasteiger partial charge in [-0.15, -0.1) is 0 Å². The highest BCUT2D eigenvalue weighted by Crippen LogP contribution is 2.28. The Balaban J connectivity index is 2.55. The van der Waals surface area contributed by atoms with Crippen LogP contribution in [0, 0.1) is 4.77 Å². The van der Waals surface area contributed by atoms with E-state index in [9.17, 15) is 0 Å². The van der Waals surface area contributed by atoms with Crippen molar-refractivity contribution in [3.8, 4) is 17.1 Å². The standard InChI is InChI=1S/C12H15N3OS/c1-3-15-11(13-14-12(15)17)9-7-5-6-8-10(9)16-4-2/h5-8H,3-4H2,1-2H3,(H,14,17). The third-order valence-electron chi connectivity index (χ3n) is 2.50. The molecule has 0 aliphatic rings. The molecule has 2 aromatic rings. The molecule has 1 aromatic heterocycles. The Bertz CT molecular complexity index is 559. The summed E-state index contributed by atoms with van der Waals surface area (Å²) < 4.78 is 8.18. The number of aromatic amines is 1. The van der Waals surface area contributed by atoms with E-state index in [4.69, 9.17) is 17.0 Å². The van der Waals surface area contributed by atoms with Gasteiger partial charge in [-0.05, 0) is 38.2 Å². The number of benzene rings is 1. The van der Waals surface area contributed by atoms with E-state index in [1.54, 1.807) is 0 Å². The van der Waals surface area contributed by atoms with Crippen molar-refractivity contribution in [2.24, 2.45) is 0 Å². The highest BCUT2D eigenvalue weighted by molar-refractivity contribution is 7.71. The zero-order chi connectivity index (χ0) is 12.3. The highest BCUT2D eigenvalue weighted by atomic mass is 32.1. The molecule has 0 fully saturated rings. The van der Waals surface area contributed by atoms with Gasteiger partial charge in [-0.3, -0.25) is 5.10 Å². The van der Waals surface area contributed by atoms with Crippen LogP contribution >= 0.6 is 12.2 Å². The first kappa shape index (κ1) is 11.9. The second kappa shape index (κ2) is 5.14. The molecule has 90 valence electrons. The van der Waals surface area contributed by atoms with Crippen LogP contribution in [0.2, 0.25) is 0 Å². The molecule has 0 radical (unpaired) electrons. The number of aromatic nitrogens is 3. The van der Waals surface area contributed by atoms with Crippen LogP contribution in [0.3, 0.4) is 0 Å². The van der Waals surface area contributed by atoms with Gasteiger partial charge in [0.25, 0.3) is 0 Å². The summed E-state index contributed by atoms with van der Waals surface area (Å²) in [4.78, 5) is 0. The van der Waals surface area contributed by atoms with Gasteiger partial charge in [0.1, 0.15) is 5.75 Å². The zero-order valence-electron chi connectivity index (χ0n) is 9.93. The molecule has 0 spiro atoms. The third kappa shape index (κ3) is 2.24. The Labute approximate surface area is 105 Å². The minimum atomic E-state index is 0.633. The predicted octanol–water partition coefficient (Wildman–Crippen LogP) is 3.03.